The van der Waals surface area contributed by atoms with Crippen molar-refractivity contribution in [1.82, 2.24) is 16.0 Å². The number of β-amino-alcohol motifs (C(OH)–C–C–N with tert-alkyl or cyclic N) is 1. The Morgan fingerprint density at radius 2 is 1.85 bits per heavy atom. The van der Waals surface area contributed by atoms with E-state index in [4.69, 9.17) is 0 Å². The molecule has 1 aromatic heterocycles. The Balaban J connectivity index is 1.41. The highest BCUT2D eigenvalue weighted by atomic mass is 79.9. The smallest absolute Gasteiger partial charge is 0.318 e. The number of carbonyl (C=O) groups excluding carboxylic acids is 3. The van der Waals surface area contributed by atoms with Gasteiger partial charge in [-0.15, -0.1) is 11.3 Å². The molecule has 0 radical (unpaired) electrons. The number of hydrogen-bond donors (Lipinski definition) is 5. The summed E-state index contributed by atoms with van der Waals surface area (Å²) in [5.74, 6) is -0.359. The molecule has 4 amide bonds. The number of urea groups is 1. The predicted octanol–water partition coefficient (Wildman–Crippen LogP) is 6.19. The Bertz CT molecular complexity index is 1750. The fourth-order valence-corrected chi connectivity index (χ4v) is 7.72. The number of amides is 4. The normalized spacial score (nSPS) is 15.7. The fraction of sp³-hybridized carbons (Fsp3) is 0.343. The molecule has 5 rings (SSSR count). The van der Waals surface area contributed by atoms with Gasteiger partial charge in [-0.1, -0.05) is 42.5 Å². The van der Waals surface area contributed by atoms with Gasteiger partial charge in [0.15, 0.2) is 0 Å². The van der Waals surface area contributed by atoms with Crippen LogP contribution in [0.25, 0.3) is 20.5 Å². The zero-order chi connectivity index (χ0) is 33.0. The number of halogens is 1. The van der Waals surface area contributed by atoms with Crippen molar-refractivity contribution in [2.75, 3.05) is 23.8 Å². The summed E-state index contributed by atoms with van der Waals surface area (Å²) in [5, 5.41) is 22.4. The zero-order valence-electron chi connectivity index (χ0n) is 26.4. The Morgan fingerprint density at radius 1 is 1.11 bits per heavy atom. The maximum atomic E-state index is 14.1. The minimum absolute atomic E-state index is 0.146. The van der Waals surface area contributed by atoms with Crippen LogP contribution in [-0.2, 0) is 22.6 Å². The first-order chi connectivity index (χ1) is 22.0. The average molecular weight is 707 g/mol. The summed E-state index contributed by atoms with van der Waals surface area (Å²) in [5.41, 5.74) is 3.93. The third-order valence-electron chi connectivity index (χ3n) is 8.04. The molecule has 11 heteroatoms. The quantitative estimate of drug-likeness (QED) is 0.135. The summed E-state index contributed by atoms with van der Waals surface area (Å²) < 4.78 is 1.99. The number of aliphatic hydroxyl groups excluding tert-OH is 1. The number of anilines is 2. The third-order valence-corrected chi connectivity index (χ3v) is 10.3. The van der Waals surface area contributed by atoms with E-state index in [1.54, 1.807) is 30.2 Å². The lowest BCUT2D eigenvalue weighted by Gasteiger charge is -2.29. The van der Waals surface area contributed by atoms with E-state index in [2.05, 4.69) is 49.3 Å². The maximum Gasteiger partial charge on any atom is 0.318 e. The number of thiophene rings is 1. The molecule has 2 atom stereocenters. The van der Waals surface area contributed by atoms with E-state index >= 15 is 0 Å². The number of rotatable bonds is 10. The highest BCUT2D eigenvalue weighted by molar-refractivity contribution is 9.10. The summed E-state index contributed by atoms with van der Waals surface area (Å²) in [6.45, 7) is 6.23. The van der Waals surface area contributed by atoms with Gasteiger partial charge < -0.3 is 31.3 Å². The third kappa shape index (κ3) is 7.78. The number of benzene rings is 3. The molecule has 1 aliphatic heterocycles. The Labute approximate surface area is 281 Å². The van der Waals surface area contributed by atoms with E-state index in [1.807, 2.05) is 68.4 Å². The second kappa shape index (κ2) is 14.3. The van der Waals surface area contributed by atoms with Crippen molar-refractivity contribution in [1.29, 1.82) is 0 Å². The number of hydrogen-bond acceptors (Lipinski definition) is 6. The lowest BCUT2D eigenvalue weighted by atomic mass is 9.99. The fourth-order valence-electron chi connectivity index (χ4n) is 5.69. The van der Waals surface area contributed by atoms with Crippen LogP contribution in [0.15, 0.2) is 71.2 Å². The van der Waals surface area contributed by atoms with Gasteiger partial charge in [0.05, 0.1) is 23.2 Å². The molecule has 3 aromatic carbocycles. The van der Waals surface area contributed by atoms with Crippen molar-refractivity contribution in [2.24, 2.45) is 0 Å². The van der Waals surface area contributed by atoms with Gasteiger partial charge >= 0.3 is 6.03 Å². The van der Waals surface area contributed by atoms with Gasteiger partial charge in [-0.25, -0.2) is 4.79 Å². The number of fused-ring (bicyclic) bond motifs is 2. The van der Waals surface area contributed by atoms with Gasteiger partial charge in [0.25, 0.3) is 0 Å². The molecule has 0 bridgehead atoms. The molecule has 9 nitrogen and oxygen atoms in total. The van der Waals surface area contributed by atoms with Crippen LogP contribution < -0.4 is 26.2 Å². The minimum Gasteiger partial charge on any atom is -0.392 e. The molecule has 0 unspecified atom stereocenters. The van der Waals surface area contributed by atoms with Crippen LogP contribution in [0.4, 0.5) is 16.2 Å². The van der Waals surface area contributed by atoms with E-state index in [1.165, 1.54) is 0 Å². The van der Waals surface area contributed by atoms with Crippen LogP contribution in [0.2, 0.25) is 0 Å². The molecule has 1 aliphatic rings. The number of aryl methyl sites for hydroxylation is 1. The zero-order valence-corrected chi connectivity index (χ0v) is 28.8. The molecule has 0 spiro atoms. The van der Waals surface area contributed by atoms with E-state index in [-0.39, 0.29) is 24.3 Å². The number of nitrogens with one attached hydrogen (secondary N) is 4. The molecule has 242 valence electrons. The van der Waals surface area contributed by atoms with Gasteiger partial charge in [0.2, 0.25) is 11.8 Å². The maximum absolute atomic E-state index is 14.1. The van der Waals surface area contributed by atoms with Gasteiger partial charge in [-0.3, -0.25) is 9.59 Å². The molecule has 0 aliphatic carbocycles. The molecular formula is C35H40BrN5O4S. The Morgan fingerprint density at radius 3 is 2.61 bits per heavy atom. The molecule has 4 aromatic rings. The lowest BCUT2D eigenvalue weighted by molar-refractivity contribution is -0.128. The van der Waals surface area contributed by atoms with Gasteiger partial charge in [-0.05, 0) is 84.9 Å². The van der Waals surface area contributed by atoms with E-state index in [9.17, 15) is 19.5 Å². The van der Waals surface area contributed by atoms with Crippen molar-refractivity contribution < 1.29 is 19.5 Å². The first-order valence-corrected chi connectivity index (χ1v) is 17.0. The van der Waals surface area contributed by atoms with E-state index in [0.717, 1.165) is 41.8 Å². The van der Waals surface area contributed by atoms with Crippen LogP contribution >= 0.6 is 27.3 Å². The number of aliphatic hydroxyl groups is 1. The number of carbonyl (C=O) groups is 3. The molecular weight excluding hydrogens is 666 g/mol. The monoisotopic (exact) mass is 705 g/mol. The number of nitrogens with zero attached hydrogens (tertiary/aromatic N) is 1. The first-order valence-electron chi connectivity index (χ1n) is 15.4. The molecule has 2 heterocycles. The molecule has 5 N–H and O–H groups in total. The second-order valence-electron chi connectivity index (χ2n) is 12.3. The van der Waals surface area contributed by atoms with Crippen LogP contribution in [0, 0.1) is 0 Å². The van der Waals surface area contributed by atoms with Crippen LogP contribution in [0.3, 0.4) is 0 Å². The van der Waals surface area contributed by atoms with Gasteiger partial charge in [-0.2, -0.15) is 0 Å². The van der Waals surface area contributed by atoms with Crippen LogP contribution in [0.1, 0.15) is 44.7 Å². The Hall–Kier alpha value is -3.77. The van der Waals surface area contributed by atoms with Crippen molar-refractivity contribution >= 4 is 66.6 Å². The van der Waals surface area contributed by atoms with Crippen molar-refractivity contribution in [3.63, 3.8) is 0 Å². The predicted molar refractivity (Wildman–Crippen MR) is 189 cm³/mol. The van der Waals surface area contributed by atoms with Crippen molar-refractivity contribution in [2.45, 2.75) is 64.3 Å². The topological polar surface area (TPSA) is 123 Å². The molecule has 0 fully saturated rings. The summed E-state index contributed by atoms with van der Waals surface area (Å²) in [7, 11) is 1.58. The van der Waals surface area contributed by atoms with E-state index < -0.39 is 17.7 Å². The lowest BCUT2D eigenvalue weighted by Crippen LogP contribution is -2.51. The Kier molecular flexibility index (Phi) is 10.5. The second-order valence-corrected chi connectivity index (χ2v) is 14.2. The molecule has 0 saturated heterocycles. The summed E-state index contributed by atoms with van der Waals surface area (Å²) in [6, 6.07) is 20.8. The summed E-state index contributed by atoms with van der Waals surface area (Å²) in [4.78, 5) is 42.1. The summed E-state index contributed by atoms with van der Waals surface area (Å²) in [6.07, 6.45) is 0.806. The van der Waals surface area contributed by atoms with Crippen molar-refractivity contribution in [3.05, 3.63) is 82.3 Å². The number of para-hydroxylation sites is 2. The van der Waals surface area contributed by atoms with Gasteiger partial charge in [0, 0.05) is 51.4 Å². The average Bonchev–Trinajstić information content (AvgIpc) is 3.29. The summed E-state index contributed by atoms with van der Waals surface area (Å²) >= 11 is 5.45. The van der Waals surface area contributed by atoms with Crippen molar-refractivity contribution in [3.8, 4) is 10.4 Å². The standard InChI is InChI=1S/C35H40BrN5O4S/c1-21(42)19-38-35(2,3)18-30(43)39-27-15-14-23-9-5-8-12-28(23)41(33(27)44)20-22-13-16-29-25(17-22)31(36)32(46-29)24-10-6-7-11-26(24)40-34(45)37-4/h5-13,16-17,21,27,38,42H,14-15,18-20H2,1-4H3,(H,39,43)(H2,37,40,45)/t21-,27-/m1/s1. The SMILES string of the molecule is CNC(=O)Nc1ccccc1-c1sc2ccc(CN3C(=O)[C@H](NC(=O)CC(C)(C)NC[C@@H](C)O)CCc4ccccc43)cc2c1Br. The van der Waals surface area contributed by atoms with Crippen LogP contribution in [0.5, 0.6) is 0 Å². The largest absolute Gasteiger partial charge is 0.392 e. The minimum atomic E-state index is -0.667. The molecule has 0 saturated carbocycles. The van der Waals surface area contributed by atoms with Gasteiger partial charge in [0.1, 0.15) is 6.04 Å². The first kappa shape index (κ1) is 33.6. The highest BCUT2D eigenvalue weighted by Crippen LogP contribution is 2.45. The molecule has 46 heavy (non-hydrogen) atoms. The van der Waals surface area contributed by atoms with E-state index in [0.29, 0.717) is 31.6 Å². The van der Waals surface area contributed by atoms with Crippen LogP contribution in [-0.4, -0.2) is 54.2 Å². The highest BCUT2D eigenvalue weighted by Gasteiger charge is 2.33.